The van der Waals surface area contributed by atoms with Crippen LogP contribution in [0.2, 0.25) is 0 Å². The number of carbonyl (C=O) groups excluding carboxylic acids is 3. The minimum absolute atomic E-state index is 0.0831. The lowest BCUT2D eigenvalue weighted by atomic mass is 10.0. The van der Waals surface area contributed by atoms with Crippen molar-refractivity contribution in [3.63, 3.8) is 0 Å². The minimum Gasteiger partial charge on any atom is -0.462 e. The second-order valence-electron chi connectivity index (χ2n) is 19.2. The van der Waals surface area contributed by atoms with Gasteiger partial charge in [-0.1, -0.05) is 229 Å². The molecule has 0 aliphatic heterocycles. The van der Waals surface area contributed by atoms with Crippen molar-refractivity contribution in [2.75, 3.05) is 13.2 Å². The van der Waals surface area contributed by atoms with Gasteiger partial charge in [-0.15, -0.1) is 0 Å². The highest BCUT2D eigenvalue weighted by Crippen LogP contribution is 2.15. The molecule has 0 rings (SSSR count). The molecule has 0 saturated carbocycles. The van der Waals surface area contributed by atoms with Gasteiger partial charge in [0.05, 0.1) is 0 Å². The molecule has 6 heteroatoms. The van der Waals surface area contributed by atoms with Gasteiger partial charge in [-0.25, -0.2) is 0 Å². The Morgan fingerprint density at radius 1 is 0.313 bits per heavy atom. The van der Waals surface area contributed by atoms with Gasteiger partial charge < -0.3 is 14.2 Å². The molecule has 0 unspecified atom stereocenters. The summed E-state index contributed by atoms with van der Waals surface area (Å²) in [6, 6.07) is 0. The van der Waals surface area contributed by atoms with E-state index >= 15 is 0 Å². The molecule has 0 aliphatic carbocycles. The Labute approximate surface area is 415 Å². The zero-order valence-electron chi connectivity index (χ0n) is 44.4. The van der Waals surface area contributed by atoms with Crippen LogP contribution in [0.4, 0.5) is 0 Å². The highest BCUT2D eigenvalue weighted by molar-refractivity contribution is 5.71. The standard InChI is InChI=1S/C61H108O6/c1-4-7-10-13-16-19-22-25-27-28-29-30-31-32-34-36-39-42-45-48-51-54-60(63)66-57-58(56-65-59(62)53-50-47-44-41-38-35-24-21-18-15-12-9-6-3)67-61(64)55-52-49-46-43-40-37-33-26-23-20-17-14-11-8-5-2/h8,11,17,20-21,24-27,33,58H,4-7,9-10,12-16,18-19,22-23,28-32,34-57H2,1-3H3/b11-8-,20-17-,24-21-,27-25-,33-26-/t58-/m0/s1. The fourth-order valence-corrected chi connectivity index (χ4v) is 8.15. The van der Waals surface area contributed by atoms with Gasteiger partial charge >= 0.3 is 17.9 Å². The first-order valence-corrected chi connectivity index (χ1v) is 28.8. The van der Waals surface area contributed by atoms with E-state index in [2.05, 4.69) is 81.5 Å². The summed E-state index contributed by atoms with van der Waals surface area (Å²) in [6.45, 7) is 6.51. The maximum Gasteiger partial charge on any atom is 0.306 e. The van der Waals surface area contributed by atoms with Crippen molar-refractivity contribution in [1.82, 2.24) is 0 Å². The summed E-state index contributed by atoms with van der Waals surface area (Å²) < 4.78 is 16.8. The Balaban J connectivity index is 4.34. The molecule has 0 N–H and O–H groups in total. The predicted molar refractivity (Wildman–Crippen MR) is 288 cm³/mol. The third-order valence-corrected chi connectivity index (χ3v) is 12.5. The molecular formula is C61H108O6. The van der Waals surface area contributed by atoms with Gasteiger partial charge in [0.15, 0.2) is 6.10 Å². The Bertz CT molecular complexity index is 1210. The summed E-state index contributed by atoms with van der Waals surface area (Å²) >= 11 is 0. The number of allylic oxidation sites excluding steroid dienone is 10. The van der Waals surface area contributed by atoms with Gasteiger partial charge in [-0.2, -0.15) is 0 Å². The first kappa shape index (κ1) is 64.1. The van der Waals surface area contributed by atoms with Crippen LogP contribution in [-0.2, 0) is 28.6 Å². The molecule has 0 aromatic rings. The monoisotopic (exact) mass is 937 g/mol. The lowest BCUT2D eigenvalue weighted by Gasteiger charge is -2.18. The van der Waals surface area contributed by atoms with Crippen LogP contribution >= 0.6 is 0 Å². The van der Waals surface area contributed by atoms with E-state index in [9.17, 15) is 14.4 Å². The highest BCUT2D eigenvalue weighted by atomic mass is 16.6. The van der Waals surface area contributed by atoms with E-state index in [1.807, 2.05) is 0 Å². The Morgan fingerprint density at radius 2 is 0.582 bits per heavy atom. The fraction of sp³-hybridized carbons (Fsp3) is 0.787. The fourth-order valence-electron chi connectivity index (χ4n) is 8.15. The molecule has 0 spiro atoms. The van der Waals surface area contributed by atoms with Crippen molar-refractivity contribution in [1.29, 1.82) is 0 Å². The Kier molecular flexibility index (Phi) is 53.3. The van der Waals surface area contributed by atoms with Gasteiger partial charge in [0.25, 0.3) is 0 Å². The van der Waals surface area contributed by atoms with Crippen LogP contribution in [-0.4, -0.2) is 37.2 Å². The zero-order valence-corrected chi connectivity index (χ0v) is 44.4. The van der Waals surface area contributed by atoms with Gasteiger partial charge in [-0.05, 0) is 103 Å². The largest absolute Gasteiger partial charge is 0.462 e. The summed E-state index contributed by atoms with van der Waals surface area (Å²) in [5.74, 6) is -0.901. The highest BCUT2D eigenvalue weighted by Gasteiger charge is 2.19. The molecule has 0 aliphatic rings. The molecular weight excluding hydrogens is 829 g/mol. The Hall–Kier alpha value is -2.89. The van der Waals surface area contributed by atoms with Crippen LogP contribution in [0.3, 0.4) is 0 Å². The quantitative estimate of drug-likeness (QED) is 0.0262. The topological polar surface area (TPSA) is 78.9 Å². The lowest BCUT2D eigenvalue weighted by Crippen LogP contribution is -2.30. The van der Waals surface area contributed by atoms with E-state index in [0.717, 1.165) is 103 Å². The van der Waals surface area contributed by atoms with Crippen molar-refractivity contribution in [3.05, 3.63) is 60.8 Å². The molecule has 0 saturated heterocycles. The second-order valence-corrected chi connectivity index (χ2v) is 19.2. The van der Waals surface area contributed by atoms with Crippen LogP contribution in [0.25, 0.3) is 0 Å². The molecule has 0 radical (unpaired) electrons. The normalized spacial score (nSPS) is 12.5. The summed E-state index contributed by atoms with van der Waals surface area (Å²) in [7, 11) is 0. The molecule has 0 fully saturated rings. The molecule has 6 nitrogen and oxygen atoms in total. The summed E-state index contributed by atoms with van der Waals surface area (Å²) in [4.78, 5) is 38.1. The van der Waals surface area contributed by atoms with Crippen LogP contribution in [0.5, 0.6) is 0 Å². The summed E-state index contributed by atoms with van der Waals surface area (Å²) in [5.41, 5.74) is 0. The average molecular weight is 938 g/mol. The molecule has 0 aromatic carbocycles. The number of unbranched alkanes of at least 4 members (excludes halogenated alkanes) is 31. The van der Waals surface area contributed by atoms with Gasteiger partial charge in [-0.3, -0.25) is 14.4 Å². The third kappa shape index (κ3) is 53.9. The molecule has 0 aromatic heterocycles. The molecule has 388 valence electrons. The van der Waals surface area contributed by atoms with E-state index in [1.54, 1.807) is 0 Å². The van der Waals surface area contributed by atoms with Crippen molar-refractivity contribution in [2.24, 2.45) is 0 Å². The average Bonchev–Trinajstić information content (AvgIpc) is 3.33. The number of ether oxygens (including phenoxy) is 3. The van der Waals surface area contributed by atoms with E-state index < -0.39 is 6.10 Å². The van der Waals surface area contributed by atoms with Crippen molar-refractivity contribution >= 4 is 17.9 Å². The molecule has 0 heterocycles. The molecule has 0 bridgehead atoms. The van der Waals surface area contributed by atoms with E-state index in [-0.39, 0.29) is 31.1 Å². The third-order valence-electron chi connectivity index (χ3n) is 12.5. The number of rotatable bonds is 52. The molecule has 1 atom stereocenters. The lowest BCUT2D eigenvalue weighted by molar-refractivity contribution is -0.167. The Morgan fingerprint density at radius 3 is 0.940 bits per heavy atom. The first-order valence-electron chi connectivity index (χ1n) is 28.8. The maximum atomic E-state index is 12.8. The van der Waals surface area contributed by atoms with Crippen LogP contribution < -0.4 is 0 Å². The van der Waals surface area contributed by atoms with Crippen molar-refractivity contribution in [3.8, 4) is 0 Å². The van der Waals surface area contributed by atoms with Crippen LogP contribution in [0.15, 0.2) is 60.8 Å². The summed E-state index contributed by atoms with van der Waals surface area (Å²) in [6.07, 6.45) is 69.3. The zero-order chi connectivity index (χ0) is 48.6. The smallest absolute Gasteiger partial charge is 0.306 e. The first-order chi connectivity index (χ1) is 33.0. The molecule has 0 amide bonds. The van der Waals surface area contributed by atoms with E-state index in [1.165, 1.54) is 148 Å². The van der Waals surface area contributed by atoms with E-state index in [0.29, 0.717) is 19.3 Å². The van der Waals surface area contributed by atoms with Gasteiger partial charge in [0, 0.05) is 19.3 Å². The van der Waals surface area contributed by atoms with Crippen LogP contribution in [0.1, 0.15) is 290 Å². The van der Waals surface area contributed by atoms with E-state index in [4.69, 9.17) is 14.2 Å². The molecule has 67 heavy (non-hydrogen) atoms. The number of hydrogen-bond acceptors (Lipinski definition) is 6. The summed E-state index contributed by atoms with van der Waals surface area (Å²) in [5, 5.41) is 0. The van der Waals surface area contributed by atoms with Crippen LogP contribution in [0, 0.1) is 0 Å². The van der Waals surface area contributed by atoms with Crippen molar-refractivity contribution < 1.29 is 28.6 Å². The van der Waals surface area contributed by atoms with Gasteiger partial charge in [0.1, 0.15) is 13.2 Å². The SMILES string of the molecule is CC/C=C\C/C=C\C/C=C\CCCCCCCC(=O)O[C@@H](COC(=O)CCCCCCC/C=C\CCCCCC)COC(=O)CCCCCCCCCCCCC/C=C\CCCCCCCC. The maximum absolute atomic E-state index is 12.8. The number of carbonyl (C=O) groups is 3. The number of esters is 3. The number of hydrogen-bond donors (Lipinski definition) is 0. The van der Waals surface area contributed by atoms with Gasteiger partial charge in [0.2, 0.25) is 0 Å². The second kappa shape index (κ2) is 55.7. The van der Waals surface area contributed by atoms with Crippen molar-refractivity contribution in [2.45, 2.75) is 297 Å². The predicted octanol–water partition coefficient (Wildman–Crippen LogP) is 19.2. The minimum atomic E-state index is -0.786.